The largest absolute Gasteiger partial charge is 0.471 e. The summed E-state index contributed by atoms with van der Waals surface area (Å²) in [5.41, 5.74) is 1.14. The first-order chi connectivity index (χ1) is 10.6. The number of rotatable bonds is 3. The molecule has 0 aliphatic heterocycles. The van der Waals surface area contributed by atoms with Crippen molar-refractivity contribution in [2.45, 2.75) is 52.6 Å². The molecule has 7 heteroatoms. The first-order valence-corrected chi connectivity index (χ1v) is 8.34. The van der Waals surface area contributed by atoms with Gasteiger partial charge in [0.05, 0.1) is 5.56 Å². The van der Waals surface area contributed by atoms with Crippen LogP contribution in [0.4, 0.5) is 18.2 Å². The Hall–Kier alpha value is -1.55. The number of nitrogens with zero attached hydrogens (tertiary/aromatic N) is 1. The first kappa shape index (κ1) is 17.8. The molecular formula is C16H19F3N2OS. The van der Waals surface area contributed by atoms with Crippen LogP contribution in [0.5, 0.6) is 0 Å². The topological polar surface area (TPSA) is 52.9 Å². The van der Waals surface area contributed by atoms with Crippen LogP contribution in [0.1, 0.15) is 49.6 Å². The molecule has 1 atom stereocenters. The Morgan fingerprint density at radius 1 is 1.43 bits per heavy atom. The molecule has 1 aliphatic rings. The van der Waals surface area contributed by atoms with Gasteiger partial charge in [-0.05, 0) is 36.2 Å². The van der Waals surface area contributed by atoms with Crippen molar-refractivity contribution in [2.24, 2.45) is 11.3 Å². The van der Waals surface area contributed by atoms with Gasteiger partial charge in [0, 0.05) is 4.88 Å². The van der Waals surface area contributed by atoms with Gasteiger partial charge in [0.15, 0.2) is 0 Å². The number of thiophene rings is 1. The van der Waals surface area contributed by atoms with Crippen LogP contribution in [0.3, 0.4) is 0 Å². The number of nitriles is 1. The van der Waals surface area contributed by atoms with Gasteiger partial charge in [-0.1, -0.05) is 27.2 Å². The number of hydrogen-bond acceptors (Lipinski definition) is 3. The normalized spacial score (nSPS) is 18.2. The molecule has 2 rings (SSSR count). The summed E-state index contributed by atoms with van der Waals surface area (Å²) in [6.45, 7) is 6.50. The van der Waals surface area contributed by atoms with Gasteiger partial charge in [-0.3, -0.25) is 4.79 Å². The molecule has 3 nitrogen and oxygen atoms in total. The van der Waals surface area contributed by atoms with Crippen molar-refractivity contribution in [1.82, 2.24) is 0 Å². The van der Waals surface area contributed by atoms with Crippen LogP contribution in [0, 0.1) is 22.7 Å². The molecule has 126 valence electrons. The van der Waals surface area contributed by atoms with Crippen LogP contribution >= 0.6 is 11.3 Å². The van der Waals surface area contributed by atoms with E-state index in [4.69, 9.17) is 0 Å². The van der Waals surface area contributed by atoms with E-state index in [1.54, 1.807) is 0 Å². The van der Waals surface area contributed by atoms with Crippen LogP contribution < -0.4 is 5.32 Å². The lowest BCUT2D eigenvalue weighted by Crippen LogP contribution is -2.29. The number of nitrogens with one attached hydrogen (secondary N) is 1. The number of hydrogen-bond donors (Lipinski definition) is 1. The zero-order valence-electron chi connectivity index (χ0n) is 13.3. The fourth-order valence-electron chi connectivity index (χ4n) is 2.92. The standard InChI is InChI=1S/C16H19F3N2OS/c1-4-15(2,3)9-5-6-10-11(8-20)13(23-12(10)7-9)21-14(22)16(17,18)19/h9H,4-7H2,1-3H3,(H,21,22)/t9-/m1/s1. The average molecular weight is 344 g/mol. The highest BCUT2D eigenvalue weighted by Gasteiger charge is 2.40. The van der Waals surface area contributed by atoms with Crippen molar-refractivity contribution in [3.8, 4) is 6.07 Å². The van der Waals surface area contributed by atoms with Crippen molar-refractivity contribution in [3.63, 3.8) is 0 Å². The molecule has 1 aromatic rings. The molecule has 23 heavy (non-hydrogen) atoms. The number of anilines is 1. The Morgan fingerprint density at radius 2 is 2.09 bits per heavy atom. The molecule has 0 unspecified atom stereocenters. The third kappa shape index (κ3) is 3.52. The lowest BCUT2D eigenvalue weighted by Gasteiger charge is -2.36. The Kier molecular flexibility index (Phi) is 4.76. The van der Waals surface area contributed by atoms with Gasteiger partial charge in [0.1, 0.15) is 11.1 Å². The number of carbonyl (C=O) groups is 1. The van der Waals surface area contributed by atoms with Crippen LogP contribution in [0.15, 0.2) is 0 Å². The molecule has 1 aromatic heterocycles. The molecule has 1 heterocycles. The van der Waals surface area contributed by atoms with E-state index in [1.165, 1.54) is 0 Å². The zero-order valence-corrected chi connectivity index (χ0v) is 14.1. The Labute approximate surface area is 137 Å². The van der Waals surface area contributed by atoms with Crippen LogP contribution in [0.2, 0.25) is 0 Å². The van der Waals surface area contributed by atoms with Crippen molar-refractivity contribution >= 4 is 22.2 Å². The quantitative estimate of drug-likeness (QED) is 0.867. The molecule has 1 N–H and O–H groups in total. The van der Waals surface area contributed by atoms with Gasteiger partial charge in [-0.15, -0.1) is 11.3 Å². The Morgan fingerprint density at radius 3 is 2.61 bits per heavy atom. The summed E-state index contributed by atoms with van der Waals surface area (Å²) in [6.07, 6.45) is -1.61. The summed E-state index contributed by atoms with van der Waals surface area (Å²) in [7, 11) is 0. The van der Waals surface area contributed by atoms with Crippen LogP contribution in [-0.2, 0) is 17.6 Å². The maximum absolute atomic E-state index is 12.4. The second-order valence-electron chi connectivity index (χ2n) is 6.55. The number of alkyl halides is 3. The molecule has 0 aromatic carbocycles. The second kappa shape index (κ2) is 6.16. The van der Waals surface area contributed by atoms with E-state index in [-0.39, 0.29) is 16.0 Å². The number of fused-ring (bicyclic) bond motifs is 1. The summed E-state index contributed by atoms with van der Waals surface area (Å²) >= 11 is 1.11. The SMILES string of the molecule is CCC(C)(C)[C@@H]1CCc2c(sc(NC(=O)C(F)(F)F)c2C#N)C1. The Bertz CT molecular complexity index is 656. The van der Waals surface area contributed by atoms with Gasteiger partial charge in [0.25, 0.3) is 0 Å². The highest BCUT2D eigenvalue weighted by molar-refractivity contribution is 7.16. The molecular weight excluding hydrogens is 325 g/mol. The maximum Gasteiger partial charge on any atom is 0.471 e. The van der Waals surface area contributed by atoms with E-state index in [0.29, 0.717) is 12.3 Å². The molecule has 0 saturated carbocycles. The number of halogens is 3. The summed E-state index contributed by atoms with van der Waals surface area (Å²) in [4.78, 5) is 12.1. The lowest BCUT2D eigenvalue weighted by atomic mass is 9.69. The van der Waals surface area contributed by atoms with E-state index < -0.39 is 12.1 Å². The van der Waals surface area contributed by atoms with E-state index >= 15 is 0 Å². The first-order valence-electron chi connectivity index (χ1n) is 7.53. The molecule has 0 bridgehead atoms. The predicted molar refractivity (Wildman–Crippen MR) is 83.3 cm³/mol. The molecule has 0 radical (unpaired) electrons. The fraction of sp³-hybridized carbons (Fsp3) is 0.625. The zero-order chi connectivity index (χ0) is 17.4. The summed E-state index contributed by atoms with van der Waals surface area (Å²) in [6, 6.07) is 1.96. The van der Waals surface area contributed by atoms with Gasteiger partial charge in [0.2, 0.25) is 0 Å². The van der Waals surface area contributed by atoms with E-state index in [2.05, 4.69) is 20.8 Å². The van der Waals surface area contributed by atoms with Gasteiger partial charge < -0.3 is 5.32 Å². The molecule has 0 fully saturated rings. The fourth-order valence-corrected chi connectivity index (χ4v) is 4.19. The Balaban J connectivity index is 2.30. The van der Waals surface area contributed by atoms with Crippen molar-refractivity contribution in [1.29, 1.82) is 5.26 Å². The third-order valence-electron chi connectivity index (χ3n) is 4.88. The number of carbonyl (C=O) groups excluding carboxylic acids is 1. The minimum absolute atomic E-state index is 0.0229. The van der Waals surface area contributed by atoms with Crippen molar-refractivity contribution < 1.29 is 18.0 Å². The highest BCUT2D eigenvalue weighted by atomic mass is 32.1. The lowest BCUT2D eigenvalue weighted by molar-refractivity contribution is -0.167. The molecule has 0 saturated heterocycles. The maximum atomic E-state index is 12.4. The minimum Gasteiger partial charge on any atom is -0.309 e. The van der Waals surface area contributed by atoms with Gasteiger partial charge in [-0.2, -0.15) is 18.4 Å². The van der Waals surface area contributed by atoms with E-state index in [0.717, 1.165) is 41.0 Å². The smallest absolute Gasteiger partial charge is 0.309 e. The van der Waals surface area contributed by atoms with E-state index in [1.807, 2.05) is 11.4 Å². The van der Waals surface area contributed by atoms with E-state index in [9.17, 15) is 23.2 Å². The van der Waals surface area contributed by atoms with Gasteiger partial charge >= 0.3 is 12.1 Å². The minimum atomic E-state index is -4.95. The van der Waals surface area contributed by atoms with Crippen LogP contribution in [-0.4, -0.2) is 12.1 Å². The number of amides is 1. The molecule has 0 spiro atoms. The molecule has 1 aliphatic carbocycles. The monoisotopic (exact) mass is 344 g/mol. The van der Waals surface area contributed by atoms with Crippen molar-refractivity contribution in [2.75, 3.05) is 5.32 Å². The van der Waals surface area contributed by atoms with Crippen LogP contribution in [0.25, 0.3) is 0 Å². The summed E-state index contributed by atoms with van der Waals surface area (Å²) in [5.74, 6) is -1.60. The summed E-state index contributed by atoms with van der Waals surface area (Å²) in [5, 5.41) is 11.2. The average Bonchev–Trinajstić information content (AvgIpc) is 2.82. The second-order valence-corrected chi connectivity index (χ2v) is 7.66. The molecule has 1 amide bonds. The summed E-state index contributed by atoms with van der Waals surface area (Å²) < 4.78 is 37.3. The van der Waals surface area contributed by atoms with Gasteiger partial charge in [-0.25, -0.2) is 0 Å². The third-order valence-corrected chi connectivity index (χ3v) is 6.05. The predicted octanol–water partition coefficient (Wildman–Crippen LogP) is 4.66. The van der Waals surface area contributed by atoms with Crippen molar-refractivity contribution in [3.05, 3.63) is 16.0 Å². The highest BCUT2D eigenvalue weighted by Crippen LogP contribution is 2.45.